The summed E-state index contributed by atoms with van der Waals surface area (Å²) in [7, 11) is 1.86. The van der Waals surface area contributed by atoms with Gasteiger partial charge in [0.1, 0.15) is 5.75 Å². The van der Waals surface area contributed by atoms with E-state index in [1.54, 1.807) is 0 Å². The Bertz CT molecular complexity index is 542. The first-order chi connectivity index (χ1) is 9.24. The number of ether oxygens (including phenoxy) is 1. The molecule has 1 heterocycles. The maximum atomic E-state index is 6.15. The number of benzene rings is 1. The van der Waals surface area contributed by atoms with Crippen molar-refractivity contribution in [1.29, 1.82) is 0 Å². The first-order valence-electron chi connectivity index (χ1n) is 6.10. The highest BCUT2D eigenvalue weighted by molar-refractivity contribution is 6.31. The second-order valence-electron chi connectivity index (χ2n) is 3.99. The molecule has 102 valence electrons. The average molecular weight is 282 g/mol. The van der Waals surface area contributed by atoms with Crippen LogP contribution in [0.4, 0.5) is 0 Å². The highest BCUT2D eigenvalue weighted by atomic mass is 35.5. The second kappa shape index (κ2) is 6.54. The Kier molecular flexibility index (Phi) is 4.76. The molecule has 2 aromatic rings. The van der Waals surface area contributed by atoms with Crippen molar-refractivity contribution < 1.29 is 9.26 Å². The van der Waals surface area contributed by atoms with Gasteiger partial charge in [0.05, 0.1) is 0 Å². The van der Waals surface area contributed by atoms with Crippen molar-refractivity contribution in [2.45, 2.75) is 26.5 Å². The Balaban J connectivity index is 2.08. The van der Waals surface area contributed by atoms with E-state index in [2.05, 4.69) is 15.5 Å². The van der Waals surface area contributed by atoms with E-state index in [0.29, 0.717) is 23.3 Å². The zero-order valence-electron chi connectivity index (χ0n) is 10.9. The van der Waals surface area contributed by atoms with Gasteiger partial charge in [-0.25, -0.2) is 0 Å². The van der Waals surface area contributed by atoms with Crippen molar-refractivity contribution in [1.82, 2.24) is 15.5 Å². The third-order valence-corrected chi connectivity index (χ3v) is 2.96. The lowest BCUT2D eigenvalue weighted by atomic mass is 10.2. The topological polar surface area (TPSA) is 60.2 Å². The van der Waals surface area contributed by atoms with Gasteiger partial charge in [-0.15, -0.1) is 0 Å². The molecule has 0 amide bonds. The van der Waals surface area contributed by atoms with Crippen LogP contribution < -0.4 is 10.1 Å². The third-order valence-electron chi connectivity index (χ3n) is 2.61. The summed E-state index contributed by atoms with van der Waals surface area (Å²) in [6.45, 7) is 2.85. The van der Waals surface area contributed by atoms with Gasteiger partial charge in [-0.05, 0) is 19.2 Å². The molecule has 19 heavy (non-hydrogen) atoms. The molecular weight excluding hydrogens is 266 g/mol. The van der Waals surface area contributed by atoms with Crippen LogP contribution in [0.15, 0.2) is 22.7 Å². The molecule has 6 heteroatoms. The molecule has 5 nitrogen and oxygen atoms in total. The molecule has 1 aromatic heterocycles. The number of nitrogens with one attached hydrogen (secondary N) is 1. The lowest BCUT2D eigenvalue weighted by Gasteiger charge is -2.11. The molecule has 0 atom stereocenters. The monoisotopic (exact) mass is 281 g/mol. The van der Waals surface area contributed by atoms with Crippen LogP contribution >= 0.6 is 11.6 Å². The van der Waals surface area contributed by atoms with Gasteiger partial charge in [-0.1, -0.05) is 29.7 Å². The molecule has 0 radical (unpaired) electrons. The van der Waals surface area contributed by atoms with Crippen LogP contribution in [0.2, 0.25) is 5.02 Å². The van der Waals surface area contributed by atoms with Gasteiger partial charge in [-0.3, -0.25) is 0 Å². The molecule has 0 saturated carbocycles. The summed E-state index contributed by atoms with van der Waals surface area (Å²) < 4.78 is 10.8. The predicted molar refractivity (Wildman–Crippen MR) is 72.2 cm³/mol. The molecule has 0 saturated heterocycles. The van der Waals surface area contributed by atoms with Crippen molar-refractivity contribution in [3.8, 4) is 5.75 Å². The molecule has 0 bridgehead atoms. The maximum absolute atomic E-state index is 6.15. The summed E-state index contributed by atoms with van der Waals surface area (Å²) in [6.07, 6.45) is 0.742. The molecule has 0 aliphatic rings. The average Bonchev–Trinajstić information content (AvgIpc) is 2.87. The number of aryl methyl sites for hydroxylation is 1. The first kappa shape index (κ1) is 13.8. The number of hydrogen-bond acceptors (Lipinski definition) is 5. The Morgan fingerprint density at radius 1 is 1.42 bits per heavy atom. The van der Waals surface area contributed by atoms with E-state index in [0.717, 1.165) is 17.7 Å². The Morgan fingerprint density at radius 3 is 2.95 bits per heavy atom. The normalized spacial score (nSPS) is 10.7. The van der Waals surface area contributed by atoms with Crippen molar-refractivity contribution in [2.24, 2.45) is 0 Å². The van der Waals surface area contributed by atoms with E-state index in [-0.39, 0.29) is 6.61 Å². The molecule has 0 fully saturated rings. The summed E-state index contributed by atoms with van der Waals surface area (Å²) >= 11 is 6.15. The van der Waals surface area contributed by atoms with Crippen LogP contribution in [0.5, 0.6) is 5.75 Å². The molecule has 1 aromatic carbocycles. The van der Waals surface area contributed by atoms with Gasteiger partial charge in [0.15, 0.2) is 12.4 Å². The standard InChI is InChI=1S/C13H16ClN3O2/c1-3-12-16-13(19-17-12)8-18-11-6-4-5-10(14)9(11)7-15-2/h4-6,15H,3,7-8H2,1-2H3. The van der Waals surface area contributed by atoms with Gasteiger partial charge in [0.2, 0.25) is 0 Å². The fourth-order valence-corrected chi connectivity index (χ4v) is 1.89. The number of hydrogen-bond donors (Lipinski definition) is 1. The largest absolute Gasteiger partial charge is 0.483 e. The molecule has 2 rings (SSSR count). The van der Waals surface area contributed by atoms with Crippen LogP contribution in [0.1, 0.15) is 24.2 Å². The zero-order chi connectivity index (χ0) is 13.7. The molecule has 1 N–H and O–H groups in total. The highest BCUT2D eigenvalue weighted by Gasteiger charge is 2.10. The Hall–Kier alpha value is -1.59. The van der Waals surface area contributed by atoms with E-state index in [9.17, 15) is 0 Å². The molecule has 0 aliphatic heterocycles. The van der Waals surface area contributed by atoms with E-state index in [1.165, 1.54) is 0 Å². The molecule has 0 spiro atoms. The fraction of sp³-hybridized carbons (Fsp3) is 0.385. The van der Waals surface area contributed by atoms with E-state index in [4.69, 9.17) is 20.9 Å². The minimum Gasteiger partial charge on any atom is -0.483 e. The fourth-order valence-electron chi connectivity index (χ4n) is 1.65. The lowest BCUT2D eigenvalue weighted by molar-refractivity contribution is 0.240. The van der Waals surface area contributed by atoms with E-state index >= 15 is 0 Å². The zero-order valence-corrected chi connectivity index (χ0v) is 11.7. The third kappa shape index (κ3) is 3.45. The lowest BCUT2D eigenvalue weighted by Crippen LogP contribution is -2.08. The van der Waals surface area contributed by atoms with E-state index in [1.807, 2.05) is 32.2 Å². The van der Waals surface area contributed by atoms with Crippen molar-refractivity contribution in [2.75, 3.05) is 7.05 Å². The number of rotatable bonds is 6. The number of nitrogens with zero attached hydrogens (tertiary/aromatic N) is 2. The number of halogens is 1. The van der Waals surface area contributed by atoms with Gasteiger partial charge in [-0.2, -0.15) is 4.98 Å². The minimum atomic E-state index is 0.240. The van der Waals surface area contributed by atoms with Gasteiger partial charge in [0, 0.05) is 23.6 Å². The first-order valence-corrected chi connectivity index (χ1v) is 6.48. The summed E-state index contributed by atoms with van der Waals surface area (Å²) in [5.74, 6) is 1.87. The molecule has 0 aliphatic carbocycles. The quantitative estimate of drug-likeness (QED) is 0.882. The molecule has 0 unspecified atom stereocenters. The van der Waals surface area contributed by atoms with Crippen LogP contribution in [-0.4, -0.2) is 17.2 Å². The van der Waals surface area contributed by atoms with Gasteiger partial charge in [0.25, 0.3) is 5.89 Å². The SMILES string of the molecule is CCc1noc(COc2cccc(Cl)c2CNC)n1. The number of aromatic nitrogens is 2. The summed E-state index contributed by atoms with van der Waals surface area (Å²) in [4.78, 5) is 4.19. The predicted octanol–water partition coefficient (Wildman–Crippen LogP) is 2.58. The molecular formula is C13H16ClN3O2. The highest BCUT2D eigenvalue weighted by Crippen LogP contribution is 2.26. The smallest absolute Gasteiger partial charge is 0.264 e. The van der Waals surface area contributed by atoms with E-state index < -0.39 is 0 Å². The van der Waals surface area contributed by atoms with Crippen LogP contribution in [0.3, 0.4) is 0 Å². The second-order valence-corrected chi connectivity index (χ2v) is 4.40. The van der Waals surface area contributed by atoms with Crippen LogP contribution in [-0.2, 0) is 19.6 Å². The van der Waals surface area contributed by atoms with Gasteiger partial charge < -0.3 is 14.6 Å². The Morgan fingerprint density at radius 2 is 2.26 bits per heavy atom. The summed E-state index contributed by atoms with van der Waals surface area (Å²) in [5.41, 5.74) is 0.918. The van der Waals surface area contributed by atoms with Crippen molar-refractivity contribution in [3.05, 3.63) is 40.5 Å². The summed E-state index contributed by atoms with van der Waals surface area (Å²) in [5, 5.41) is 7.55. The van der Waals surface area contributed by atoms with Crippen LogP contribution in [0.25, 0.3) is 0 Å². The van der Waals surface area contributed by atoms with Gasteiger partial charge >= 0.3 is 0 Å². The van der Waals surface area contributed by atoms with Crippen molar-refractivity contribution >= 4 is 11.6 Å². The summed E-state index contributed by atoms with van der Waals surface area (Å²) in [6, 6.07) is 5.56. The Labute approximate surface area is 116 Å². The maximum Gasteiger partial charge on any atom is 0.264 e. The van der Waals surface area contributed by atoms with Crippen LogP contribution in [0, 0.1) is 0 Å². The van der Waals surface area contributed by atoms with Crippen molar-refractivity contribution in [3.63, 3.8) is 0 Å². The minimum absolute atomic E-state index is 0.240.